The summed E-state index contributed by atoms with van der Waals surface area (Å²) in [4.78, 5) is 24.7. The summed E-state index contributed by atoms with van der Waals surface area (Å²) in [5.41, 5.74) is 0.515. The monoisotopic (exact) mass is 360 g/mol. The van der Waals surface area contributed by atoms with E-state index in [9.17, 15) is 9.59 Å². The Balaban J connectivity index is 1.49. The molecule has 1 aliphatic carbocycles. The minimum atomic E-state index is -0.169. The zero-order valence-electron chi connectivity index (χ0n) is 15.5. The van der Waals surface area contributed by atoms with Gasteiger partial charge in [-0.3, -0.25) is 9.59 Å². The van der Waals surface area contributed by atoms with Crippen molar-refractivity contribution in [2.45, 2.75) is 44.2 Å². The second-order valence-electron chi connectivity index (χ2n) is 7.22. The second kappa shape index (κ2) is 8.54. The highest BCUT2D eigenvalue weighted by Gasteiger charge is 2.39. The maximum atomic E-state index is 12.4. The Kier molecular flexibility index (Phi) is 6.14. The summed E-state index contributed by atoms with van der Waals surface area (Å²) in [6, 6.07) is 7.38. The molecule has 0 radical (unpaired) electrons. The second-order valence-corrected chi connectivity index (χ2v) is 7.22. The van der Waals surface area contributed by atoms with E-state index >= 15 is 0 Å². The third-order valence-corrected chi connectivity index (χ3v) is 5.69. The van der Waals surface area contributed by atoms with Crippen molar-refractivity contribution in [1.29, 1.82) is 0 Å². The normalized spacial score (nSPS) is 28.0. The highest BCUT2D eigenvalue weighted by molar-refractivity contribution is 5.96. The van der Waals surface area contributed by atoms with Crippen molar-refractivity contribution < 1.29 is 19.1 Å². The van der Waals surface area contributed by atoms with Gasteiger partial charge in [-0.15, -0.1) is 0 Å². The van der Waals surface area contributed by atoms with Crippen molar-refractivity contribution in [2.24, 2.45) is 11.8 Å². The molecule has 1 saturated heterocycles. The lowest BCUT2D eigenvalue weighted by atomic mass is 9.74. The first-order chi connectivity index (χ1) is 12.6. The summed E-state index contributed by atoms with van der Waals surface area (Å²) in [6.45, 7) is 0.479. The maximum Gasteiger partial charge on any atom is 0.255 e. The van der Waals surface area contributed by atoms with Crippen LogP contribution in [0.15, 0.2) is 24.3 Å². The molecule has 1 saturated carbocycles. The summed E-state index contributed by atoms with van der Waals surface area (Å²) in [5, 5.41) is 6.08. The van der Waals surface area contributed by atoms with Crippen LogP contribution in [-0.2, 0) is 9.53 Å². The fourth-order valence-electron chi connectivity index (χ4n) is 4.18. The van der Waals surface area contributed by atoms with Crippen molar-refractivity contribution in [1.82, 2.24) is 10.6 Å². The number of para-hydroxylation sites is 1. The summed E-state index contributed by atoms with van der Waals surface area (Å²) < 4.78 is 10.7. The largest absolute Gasteiger partial charge is 0.496 e. The van der Waals surface area contributed by atoms with Crippen LogP contribution in [0.1, 0.15) is 42.5 Å². The Morgan fingerprint density at radius 3 is 2.81 bits per heavy atom. The molecule has 4 unspecified atom stereocenters. The van der Waals surface area contributed by atoms with Crippen molar-refractivity contribution in [2.75, 3.05) is 20.8 Å². The minimum absolute atomic E-state index is 0.0340. The van der Waals surface area contributed by atoms with Gasteiger partial charge in [0.2, 0.25) is 5.91 Å². The van der Waals surface area contributed by atoms with E-state index in [1.54, 1.807) is 26.4 Å². The number of hydrogen-bond donors (Lipinski definition) is 2. The van der Waals surface area contributed by atoms with Crippen LogP contribution in [0, 0.1) is 11.8 Å². The third kappa shape index (κ3) is 4.18. The Morgan fingerprint density at radius 1 is 1.23 bits per heavy atom. The lowest BCUT2D eigenvalue weighted by molar-refractivity contribution is -0.131. The van der Waals surface area contributed by atoms with Gasteiger partial charge in [-0.2, -0.15) is 0 Å². The van der Waals surface area contributed by atoms with Crippen LogP contribution in [-0.4, -0.2) is 44.7 Å². The number of rotatable bonds is 6. The van der Waals surface area contributed by atoms with Gasteiger partial charge in [-0.1, -0.05) is 12.1 Å². The first kappa shape index (κ1) is 18.7. The minimum Gasteiger partial charge on any atom is -0.496 e. The number of amides is 2. The molecule has 2 N–H and O–H groups in total. The number of hydrogen-bond acceptors (Lipinski definition) is 4. The van der Waals surface area contributed by atoms with E-state index in [0.29, 0.717) is 30.2 Å². The van der Waals surface area contributed by atoms with Crippen LogP contribution in [0.2, 0.25) is 0 Å². The molecule has 1 aromatic rings. The van der Waals surface area contributed by atoms with Gasteiger partial charge in [-0.25, -0.2) is 0 Å². The van der Waals surface area contributed by atoms with Gasteiger partial charge in [0.05, 0.1) is 18.8 Å². The topological polar surface area (TPSA) is 76.7 Å². The number of benzene rings is 1. The van der Waals surface area contributed by atoms with Crippen LogP contribution in [0.5, 0.6) is 5.75 Å². The van der Waals surface area contributed by atoms with E-state index in [-0.39, 0.29) is 29.9 Å². The number of methoxy groups -OCH3 is 2. The van der Waals surface area contributed by atoms with Crippen LogP contribution >= 0.6 is 0 Å². The van der Waals surface area contributed by atoms with Gasteiger partial charge in [0.25, 0.3) is 5.91 Å². The smallest absolute Gasteiger partial charge is 0.255 e. The molecule has 6 nitrogen and oxygen atoms in total. The molecular formula is C20H28N2O4. The number of nitrogens with one attached hydrogen (secondary N) is 2. The molecule has 3 rings (SSSR count). The first-order valence-corrected chi connectivity index (χ1v) is 9.36. The zero-order valence-corrected chi connectivity index (χ0v) is 15.5. The van der Waals surface area contributed by atoms with E-state index in [1.165, 1.54) is 0 Å². The molecule has 1 aromatic carbocycles. The van der Waals surface area contributed by atoms with Gasteiger partial charge in [0.1, 0.15) is 5.75 Å². The van der Waals surface area contributed by atoms with Crippen LogP contribution < -0.4 is 15.4 Å². The molecule has 0 aromatic heterocycles. The molecule has 26 heavy (non-hydrogen) atoms. The van der Waals surface area contributed by atoms with Gasteiger partial charge in [0.15, 0.2) is 0 Å². The maximum absolute atomic E-state index is 12.4. The average molecular weight is 360 g/mol. The fraction of sp³-hybridized carbons (Fsp3) is 0.600. The van der Waals surface area contributed by atoms with E-state index in [1.807, 2.05) is 12.1 Å². The van der Waals surface area contributed by atoms with Crippen molar-refractivity contribution in [3.8, 4) is 5.75 Å². The van der Waals surface area contributed by atoms with E-state index in [2.05, 4.69) is 10.6 Å². The van der Waals surface area contributed by atoms with Crippen LogP contribution in [0.4, 0.5) is 0 Å². The standard InChI is InChI=1S/C20H28N2O4/c1-25-15-8-7-13-11-14(19(23)22-17(13)12-15)9-10-21-20(24)16-5-3-4-6-18(16)26-2/h3-6,13-15,17H,7-12H2,1-2H3,(H,21,24)(H,22,23). The van der Waals surface area contributed by atoms with Crippen molar-refractivity contribution in [3.63, 3.8) is 0 Å². The predicted octanol–water partition coefficient (Wildman–Crippen LogP) is 2.13. The Bertz CT molecular complexity index is 648. The molecule has 142 valence electrons. The molecule has 4 atom stereocenters. The quantitative estimate of drug-likeness (QED) is 0.815. The summed E-state index contributed by atoms with van der Waals surface area (Å²) in [6.07, 6.45) is 4.87. The van der Waals surface area contributed by atoms with Gasteiger partial charge >= 0.3 is 0 Å². The number of carbonyl (C=O) groups is 2. The fourth-order valence-corrected chi connectivity index (χ4v) is 4.18. The van der Waals surface area contributed by atoms with E-state index < -0.39 is 0 Å². The highest BCUT2D eigenvalue weighted by atomic mass is 16.5. The summed E-state index contributed by atoms with van der Waals surface area (Å²) in [5.74, 6) is 0.979. The lowest BCUT2D eigenvalue weighted by Gasteiger charge is -2.41. The highest BCUT2D eigenvalue weighted by Crippen LogP contribution is 2.35. The summed E-state index contributed by atoms with van der Waals surface area (Å²) >= 11 is 0. The van der Waals surface area contributed by atoms with E-state index in [0.717, 1.165) is 25.7 Å². The molecule has 0 bridgehead atoms. The molecule has 6 heteroatoms. The molecule has 2 amide bonds. The molecule has 2 fully saturated rings. The van der Waals surface area contributed by atoms with Crippen LogP contribution in [0.25, 0.3) is 0 Å². The number of ether oxygens (including phenoxy) is 2. The van der Waals surface area contributed by atoms with Gasteiger partial charge < -0.3 is 20.1 Å². The Morgan fingerprint density at radius 2 is 2.04 bits per heavy atom. The molecule has 2 aliphatic rings. The first-order valence-electron chi connectivity index (χ1n) is 9.36. The SMILES string of the molecule is COc1ccccc1C(=O)NCCC1CC2CCC(OC)CC2NC1=O. The molecular weight excluding hydrogens is 332 g/mol. The van der Waals surface area contributed by atoms with Gasteiger partial charge in [0, 0.05) is 25.6 Å². The van der Waals surface area contributed by atoms with E-state index in [4.69, 9.17) is 9.47 Å². The number of carbonyl (C=O) groups excluding carboxylic acids is 2. The lowest BCUT2D eigenvalue weighted by Crippen LogP contribution is -2.53. The predicted molar refractivity (Wildman–Crippen MR) is 98.1 cm³/mol. The van der Waals surface area contributed by atoms with Crippen molar-refractivity contribution >= 4 is 11.8 Å². The van der Waals surface area contributed by atoms with Crippen molar-refractivity contribution in [3.05, 3.63) is 29.8 Å². The zero-order chi connectivity index (χ0) is 18.5. The Labute approximate surface area is 154 Å². The number of piperidine rings is 1. The molecule has 1 heterocycles. The third-order valence-electron chi connectivity index (χ3n) is 5.69. The van der Waals surface area contributed by atoms with Gasteiger partial charge in [-0.05, 0) is 50.2 Å². The number of fused-ring (bicyclic) bond motifs is 1. The molecule has 0 spiro atoms. The molecule has 1 aliphatic heterocycles. The van der Waals surface area contributed by atoms with Crippen LogP contribution in [0.3, 0.4) is 0 Å². The Hall–Kier alpha value is -2.08. The summed E-state index contributed by atoms with van der Waals surface area (Å²) in [7, 11) is 3.29. The average Bonchev–Trinajstić information content (AvgIpc) is 2.67.